The number of hydrogen-bond acceptors (Lipinski definition) is 4. The molecule has 0 N–H and O–H groups in total. The third-order valence-corrected chi connectivity index (χ3v) is 5.65. The highest BCUT2D eigenvalue weighted by atomic mass is 16.5. The third kappa shape index (κ3) is 3.99. The number of carbonyl (C=O) groups excluding carboxylic acids is 1. The van der Waals surface area contributed by atoms with E-state index in [1.165, 1.54) is 5.56 Å². The zero-order valence-corrected chi connectivity index (χ0v) is 15.8. The summed E-state index contributed by atoms with van der Waals surface area (Å²) < 4.78 is 11.3. The molecule has 2 aliphatic rings. The first kappa shape index (κ1) is 18.0. The smallest absolute Gasteiger partial charge is 0.253 e. The van der Waals surface area contributed by atoms with Gasteiger partial charge in [0.1, 0.15) is 12.4 Å². The molecule has 2 saturated heterocycles. The highest BCUT2D eigenvalue weighted by Crippen LogP contribution is 2.33. The number of anilines is 1. The molecule has 2 aliphatic heterocycles. The van der Waals surface area contributed by atoms with Gasteiger partial charge in [-0.25, -0.2) is 0 Å². The first-order valence-corrected chi connectivity index (χ1v) is 9.52. The van der Waals surface area contributed by atoms with E-state index in [-0.39, 0.29) is 18.1 Å². The molecule has 5 nitrogen and oxygen atoms in total. The summed E-state index contributed by atoms with van der Waals surface area (Å²) in [5.41, 5.74) is 2.03. The molecule has 1 amide bonds. The van der Waals surface area contributed by atoms with E-state index in [2.05, 4.69) is 17.0 Å². The fourth-order valence-electron chi connectivity index (χ4n) is 3.97. The van der Waals surface area contributed by atoms with Crippen LogP contribution < -0.4 is 9.64 Å². The maximum atomic E-state index is 12.4. The van der Waals surface area contributed by atoms with Crippen LogP contribution in [0.25, 0.3) is 0 Å². The van der Waals surface area contributed by atoms with E-state index >= 15 is 0 Å². The molecule has 0 aromatic heterocycles. The van der Waals surface area contributed by atoms with Crippen molar-refractivity contribution in [3.63, 3.8) is 0 Å². The lowest BCUT2D eigenvalue weighted by molar-refractivity contribution is -0.144. The van der Waals surface area contributed by atoms with Crippen molar-refractivity contribution in [1.29, 1.82) is 0 Å². The van der Waals surface area contributed by atoms with Crippen molar-refractivity contribution in [2.45, 2.75) is 25.0 Å². The quantitative estimate of drug-likeness (QED) is 0.834. The Balaban J connectivity index is 1.38. The first-order chi connectivity index (χ1) is 13.2. The maximum absolute atomic E-state index is 12.4. The van der Waals surface area contributed by atoms with Gasteiger partial charge in [0.2, 0.25) is 0 Å². The summed E-state index contributed by atoms with van der Waals surface area (Å²) in [6.45, 7) is 3.70. The molecule has 0 saturated carbocycles. The molecule has 1 spiro atoms. The lowest BCUT2D eigenvalue weighted by Gasteiger charge is -2.47. The van der Waals surface area contributed by atoms with Gasteiger partial charge in [0.25, 0.3) is 5.91 Å². The van der Waals surface area contributed by atoms with Crippen LogP contribution >= 0.6 is 0 Å². The average molecular weight is 366 g/mol. The molecule has 0 atom stereocenters. The number of para-hydroxylation sites is 1. The van der Waals surface area contributed by atoms with Gasteiger partial charge in [-0.2, -0.15) is 0 Å². The molecule has 2 heterocycles. The van der Waals surface area contributed by atoms with Crippen LogP contribution in [-0.4, -0.2) is 49.8 Å². The number of likely N-dealkylation sites (tertiary alicyclic amines) is 1. The fourth-order valence-corrected chi connectivity index (χ4v) is 3.97. The normalized spacial score (nSPS) is 20.0. The number of morpholine rings is 1. The zero-order chi connectivity index (χ0) is 18.7. The van der Waals surface area contributed by atoms with Crippen LogP contribution in [0.3, 0.4) is 0 Å². The molecule has 2 aromatic rings. The number of ether oxygens (including phenoxy) is 2. The minimum absolute atomic E-state index is 0.0486. The number of carbonyl (C=O) groups is 1. The van der Waals surface area contributed by atoms with Crippen molar-refractivity contribution in [2.24, 2.45) is 0 Å². The second-order valence-electron chi connectivity index (χ2n) is 7.41. The van der Waals surface area contributed by atoms with E-state index in [9.17, 15) is 4.79 Å². The molecule has 2 fully saturated rings. The monoisotopic (exact) mass is 366 g/mol. The molecule has 5 heteroatoms. The van der Waals surface area contributed by atoms with Crippen LogP contribution in [0.15, 0.2) is 54.6 Å². The second-order valence-corrected chi connectivity index (χ2v) is 7.41. The Hall–Kier alpha value is -2.37. The van der Waals surface area contributed by atoms with Crippen molar-refractivity contribution < 1.29 is 14.3 Å². The standard InChI is InChI=1S/C22H26N2O3/c1-26-20-9-7-18(8-10-20)15-23-13-11-22(12-14-23)17-24(21(25)16-27-22)19-5-3-2-4-6-19/h2-10H,11-17H2,1H3. The number of rotatable bonds is 4. The fraction of sp³-hybridized carbons (Fsp3) is 0.409. The predicted molar refractivity (Wildman–Crippen MR) is 105 cm³/mol. The lowest BCUT2D eigenvalue weighted by Crippen LogP contribution is -2.58. The Morgan fingerprint density at radius 2 is 1.74 bits per heavy atom. The van der Waals surface area contributed by atoms with Gasteiger partial charge in [-0.3, -0.25) is 9.69 Å². The van der Waals surface area contributed by atoms with Crippen LogP contribution in [0.2, 0.25) is 0 Å². The third-order valence-electron chi connectivity index (χ3n) is 5.65. The zero-order valence-electron chi connectivity index (χ0n) is 15.8. The minimum Gasteiger partial charge on any atom is -0.497 e. The van der Waals surface area contributed by atoms with Crippen molar-refractivity contribution in [3.8, 4) is 5.75 Å². The van der Waals surface area contributed by atoms with Crippen molar-refractivity contribution in [2.75, 3.05) is 38.3 Å². The van der Waals surface area contributed by atoms with Crippen LogP contribution in [0.5, 0.6) is 5.75 Å². The van der Waals surface area contributed by atoms with E-state index < -0.39 is 0 Å². The van der Waals surface area contributed by atoms with Gasteiger partial charge >= 0.3 is 0 Å². The van der Waals surface area contributed by atoms with E-state index in [0.29, 0.717) is 6.54 Å². The van der Waals surface area contributed by atoms with Crippen molar-refractivity contribution in [1.82, 2.24) is 4.90 Å². The van der Waals surface area contributed by atoms with Gasteiger partial charge in [0, 0.05) is 25.3 Å². The number of piperidine rings is 1. The highest BCUT2D eigenvalue weighted by molar-refractivity contribution is 5.95. The second kappa shape index (κ2) is 7.71. The molecule has 0 bridgehead atoms. The Morgan fingerprint density at radius 3 is 2.41 bits per heavy atom. The van der Waals surface area contributed by atoms with Crippen LogP contribution in [0.4, 0.5) is 5.69 Å². The van der Waals surface area contributed by atoms with Crippen LogP contribution in [0, 0.1) is 0 Å². The summed E-state index contributed by atoms with van der Waals surface area (Å²) in [6.07, 6.45) is 1.89. The van der Waals surface area contributed by atoms with E-state index in [1.54, 1.807) is 7.11 Å². The number of amides is 1. The topological polar surface area (TPSA) is 42.0 Å². The van der Waals surface area contributed by atoms with E-state index in [0.717, 1.165) is 43.9 Å². The van der Waals surface area contributed by atoms with Gasteiger partial charge in [0.05, 0.1) is 19.3 Å². The molecule has 142 valence electrons. The molecular weight excluding hydrogens is 340 g/mol. The van der Waals surface area contributed by atoms with Crippen molar-refractivity contribution in [3.05, 3.63) is 60.2 Å². The summed E-state index contributed by atoms with van der Waals surface area (Å²) in [7, 11) is 1.69. The molecule has 0 unspecified atom stereocenters. The molecular formula is C22H26N2O3. The molecule has 0 radical (unpaired) electrons. The van der Waals surface area contributed by atoms with E-state index in [1.807, 2.05) is 47.4 Å². The lowest BCUT2D eigenvalue weighted by atomic mass is 9.88. The molecule has 2 aromatic carbocycles. The summed E-state index contributed by atoms with van der Waals surface area (Å²) in [5, 5.41) is 0. The predicted octanol–water partition coefficient (Wildman–Crippen LogP) is 3.09. The summed E-state index contributed by atoms with van der Waals surface area (Å²) in [6, 6.07) is 18.2. The Kier molecular flexibility index (Phi) is 5.14. The number of methoxy groups -OCH3 is 1. The highest BCUT2D eigenvalue weighted by Gasteiger charge is 2.42. The van der Waals surface area contributed by atoms with Gasteiger partial charge < -0.3 is 14.4 Å². The minimum atomic E-state index is -0.222. The average Bonchev–Trinajstić information content (AvgIpc) is 2.73. The number of nitrogens with zero attached hydrogens (tertiary/aromatic N) is 2. The van der Waals surface area contributed by atoms with Crippen molar-refractivity contribution >= 4 is 11.6 Å². The van der Waals surface area contributed by atoms with Gasteiger partial charge in [-0.15, -0.1) is 0 Å². The first-order valence-electron chi connectivity index (χ1n) is 9.52. The van der Waals surface area contributed by atoms with Gasteiger partial charge in [-0.05, 0) is 42.7 Å². The summed E-state index contributed by atoms with van der Waals surface area (Å²) in [5.74, 6) is 0.935. The maximum Gasteiger partial charge on any atom is 0.253 e. The Bertz CT molecular complexity index is 768. The molecule has 0 aliphatic carbocycles. The molecule has 27 heavy (non-hydrogen) atoms. The SMILES string of the molecule is COc1ccc(CN2CCC3(CC2)CN(c2ccccc2)C(=O)CO3)cc1. The summed E-state index contributed by atoms with van der Waals surface area (Å²) >= 11 is 0. The summed E-state index contributed by atoms with van der Waals surface area (Å²) in [4.78, 5) is 16.7. The number of hydrogen-bond donors (Lipinski definition) is 0. The Morgan fingerprint density at radius 1 is 1.04 bits per heavy atom. The van der Waals surface area contributed by atoms with Gasteiger partial charge in [0.15, 0.2) is 0 Å². The van der Waals surface area contributed by atoms with E-state index in [4.69, 9.17) is 9.47 Å². The van der Waals surface area contributed by atoms with Crippen LogP contribution in [-0.2, 0) is 16.1 Å². The number of benzene rings is 2. The van der Waals surface area contributed by atoms with Crippen LogP contribution in [0.1, 0.15) is 18.4 Å². The van der Waals surface area contributed by atoms with Gasteiger partial charge in [-0.1, -0.05) is 30.3 Å². The largest absolute Gasteiger partial charge is 0.497 e. The Labute approximate surface area is 160 Å². The molecule has 4 rings (SSSR count).